The van der Waals surface area contributed by atoms with E-state index in [-0.39, 0.29) is 42.0 Å². The molecule has 12 nitrogen and oxygen atoms in total. The van der Waals surface area contributed by atoms with Crippen LogP contribution in [0.5, 0.6) is 11.6 Å². The normalized spacial score (nSPS) is 21.6. The SMILES string of the molecule is CC[C@@H]1[C@H](F)C(=O)N[C@@H]1COc1ncc(C#CC2CCN(Cc3ccc(N4CCC(=O)NC4=O)cc3)CC2)c2cc(C(N)=O)c(OC)cc12. The minimum atomic E-state index is -1.58. The summed E-state index contributed by atoms with van der Waals surface area (Å²) < 4.78 is 25.8. The Hall–Kier alpha value is -5.22. The zero-order chi connectivity index (χ0) is 34.7. The van der Waals surface area contributed by atoms with Crippen LogP contribution >= 0.6 is 0 Å². The van der Waals surface area contributed by atoms with E-state index in [0.29, 0.717) is 29.3 Å². The molecule has 49 heavy (non-hydrogen) atoms. The molecule has 13 heteroatoms. The highest BCUT2D eigenvalue weighted by atomic mass is 19.1. The summed E-state index contributed by atoms with van der Waals surface area (Å²) in [7, 11) is 1.44. The van der Waals surface area contributed by atoms with Crippen molar-refractivity contribution in [3.8, 4) is 23.5 Å². The first-order valence-electron chi connectivity index (χ1n) is 16.5. The summed E-state index contributed by atoms with van der Waals surface area (Å²) in [5, 5.41) is 6.19. The van der Waals surface area contributed by atoms with Gasteiger partial charge in [0, 0.05) is 54.0 Å². The largest absolute Gasteiger partial charge is 0.496 e. The van der Waals surface area contributed by atoms with Gasteiger partial charge in [0.05, 0.1) is 24.3 Å². The molecule has 256 valence electrons. The first-order chi connectivity index (χ1) is 23.6. The van der Waals surface area contributed by atoms with Gasteiger partial charge < -0.3 is 20.5 Å². The number of imide groups is 1. The third-order valence-electron chi connectivity index (χ3n) is 9.49. The number of hydrogen-bond acceptors (Lipinski definition) is 8. The summed E-state index contributed by atoms with van der Waals surface area (Å²) in [6.45, 7) is 4.72. The molecule has 5 amide bonds. The Bertz CT molecular complexity index is 1830. The van der Waals surface area contributed by atoms with Crippen LogP contribution in [0.15, 0.2) is 42.6 Å². The highest BCUT2D eigenvalue weighted by Crippen LogP contribution is 2.34. The standard InChI is InChI=1S/C36H39FN6O6/c1-3-25-29(40-34(46)32(25)37)20-49-35-27-17-30(48-2)28(33(38)45)16-26(27)23(18-39-35)7-4-21-10-13-42(14-11-21)19-22-5-8-24(9-6-22)43-15-12-31(44)41-36(43)47/h5-6,8-9,16-18,21,25,29,32H,3,10-15,19-20H2,1-2H3,(H2,38,45)(H,40,46)(H,41,44,47)/t25-,29+,32-/m0/s1. The highest BCUT2D eigenvalue weighted by molar-refractivity contribution is 6.05. The van der Waals surface area contributed by atoms with E-state index in [1.54, 1.807) is 23.2 Å². The number of likely N-dealkylation sites (tertiary alicyclic amines) is 1. The second-order valence-corrected chi connectivity index (χ2v) is 12.6. The van der Waals surface area contributed by atoms with Gasteiger partial charge in [0.2, 0.25) is 11.8 Å². The maximum atomic E-state index is 14.4. The molecule has 3 aromatic rings. The molecule has 0 spiro atoms. The van der Waals surface area contributed by atoms with E-state index < -0.39 is 36.0 Å². The smallest absolute Gasteiger partial charge is 0.328 e. The molecule has 3 fully saturated rings. The molecule has 3 aliphatic rings. The summed E-state index contributed by atoms with van der Waals surface area (Å²) in [5.41, 5.74) is 8.35. The van der Waals surface area contributed by atoms with Crippen LogP contribution in [0.3, 0.4) is 0 Å². The molecule has 0 aliphatic carbocycles. The number of primary amides is 1. The van der Waals surface area contributed by atoms with Crippen molar-refractivity contribution in [1.29, 1.82) is 0 Å². The number of aromatic nitrogens is 1. The Balaban J connectivity index is 1.13. The van der Waals surface area contributed by atoms with Crippen LogP contribution in [0.4, 0.5) is 14.9 Å². The number of rotatable bonds is 9. The summed E-state index contributed by atoms with van der Waals surface area (Å²) in [6.07, 6.45) is 2.52. The van der Waals surface area contributed by atoms with Crippen LogP contribution in [0.25, 0.3) is 10.8 Å². The van der Waals surface area contributed by atoms with E-state index in [2.05, 4.69) is 32.4 Å². The van der Waals surface area contributed by atoms with E-state index >= 15 is 0 Å². The Morgan fingerprint density at radius 3 is 2.53 bits per heavy atom. The summed E-state index contributed by atoms with van der Waals surface area (Å²) in [6, 6.07) is 10.2. The van der Waals surface area contributed by atoms with Crippen molar-refractivity contribution in [2.45, 2.75) is 51.4 Å². The quantitative estimate of drug-likeness (QED) is 0.293. The van der Waals surface area contributed by atoms with E-state index in [1.807, 2.05) is 31.2 Å². The van der Waals surface area contributed by atoms with Gasteiger partial charge in [-0.15, -0.1) is 0 Å². The minimum absolute atomic E-state index is 0.0260. The molecule has 6 rings (SSSR count). The summed E-state index contributed by atoms with van der Waals surface area (Å²) in [5.74, 6) is 5.29. The molecule has 0 radical (unpaired) electrons. The number of carbonyl (C=O) groups excluding carboxylic acids is 4. The van der Waals surface area contributed by atoms with Crippen LogP contribution < -0.4 is 30.7 Å². The van der Waals surface area contributed by atoms with Crippen molar-refractivity contribution in [3.05, 3.63) is 59.3 Å². The number of nitrogens with zero attached hydrogens (tertiary/aromatic N) is 3. The molecule has 3 saturated heterocycles. The van der Waals surface area contributed by atoms with Crippen molar-refractivity contribution in [1.82, 2.24) is 20.5 Å². The lowest BCUT2D eigenvalue weighted by atomic mass is 9.96. The number of fused-ring (bicyclic) bond motifs is 1. The Morgan fingerprint density at radius 1 is 1.10 bits per heavy atom. The molecular weight excluding hydrogens is 631 g/mol. The molecular formula is C36H39FN6O6. The van der Waals surface area contributed by atoms with Gasteiger partial charge in [-0.2, -0.15) is 0 Å². The number of anilines is 1. The zero-order valence-electron chi connectivity index (χ0n) is 27.5. The molecule has 4 heterocycles. The number of halogens is 1. The Labute approximate surface area is 283 Å². The molecule has 0 unspecified atom stereocenters. The Morgan fingerprint density at radius 2 is 1.86 bits per heavy atom. The molecule has 3 aliphatic heterocycles. The van der Waals surface area contributed by atoms with Crippen LogP contribution in [0, 0.1) is 23.7 Å². The number of benzene rings is 2. The van der Waals surface area contributed by atoms with Crippen molar-refractivity contribution in [2.24, 2.45) is 17.6 Å². The first-order valence-corrected chi connectivity index (χ1v) is 16.5. The van der Waals surface area contributed by atoms with E-state index in [9.17, 15) is 23.6 Å². The third-order valence-corrected chi connectivity index (χ3v) is 9.49. The van der Waals surface area contributed by atoms with E-state index in [0.717, 1.165) is 43.7 Å². The Kier molecular flexibility index (Phi) is 9.96. The first kappa shape index (κ1) is 33.7. The molecule has 0 bridgehead atoms. The molecule has 4 N–H and O–H groups in total. The maximum Gasteiger partial charge on any atom is 0.328 e. The fourth-order valence-electron chi connectivity index (χ4n) is 6.68. The molecule has 3 atom stereocenters. The van der Waals surface area contributed by atoms with E-state index in [1.165, 1.54) is 7.11 Å². The van der Waals surface area contributed by atoms with Crippen LogP contribution in [0.2, 0.25) is 0 Å². The minimum Gasteiger partial charge on any atom is -0.496 e. The third kappa shape index (κ3) is 7.29. The summed E-state index contributed by atoms with van der Waals surface area (Å²) in [4.78, 5) is 56.3. The van der Waals surface area contributed by atoms with Crippen molar-refractivity contribution in [2.75, 3.05) is 38.3 Å². The zero-order valence-corrected chi connectivity index (χ0v) is 27.5. The number of urea groups is 1. The van der Waals surface area contributed by atoms with Gasteiger partial charge in [0.15, 0.2) is 6.17 Å². The van der Waals surface area contributed by atoms with Crippen LogP contribution in [-0.2, 0) is 16.1 Å². The average molecular weight is 671 g/mol. The number of carbonyl (C=O) groups is 4. The van der Waals surface area contributed by atoms with Gasteiger partial charge >= 0.3 is 6.03 Å². The van der Waals surface area contributed by atoms with Crippen LogP contribution in [0.1, 0.15) is 54.1 Å². The lowest BCUT2D eigenvalue weighted by Crippen LogP contribution is -2.49. The lowest BCUT2D eigenvalue weighted by molar-refractivity contribution is -0.124. The number of methoxy groups -OCH3 is 1. The predicted molar refractivity (Wildman–Crippen MR) is 180 cm³/mol. The fourth-order valence-corrected chi connectivity index (χ4v) is 6.68. The number of hydrogen-bond donors (Lipinski definition) is 3. The van der Waals surface area contributed by atoms with Gasteiger partial charge in [-0.3, -0.25) is 29.5 Å². The van der Waals surface area contributed by atoms with Gasteiger partial charge in [-0.1, -0.05) is 30.9 Å². The van der Waals surface area contributed by atoms with Crippen molar-refractivity contribution >= 4 is 40.2 Å². The monoisotopic (exact) mass is 670 g/mol. The number of amides is 5. The number of piperidine rings is 1. The van der Waals surface area contributed by atoms with Crippen molar-refractivity contribution < 1.29 is 33.0 Å². The highest BCUT2D eigenvalue weighted by Gasteiger charge is 2.42. The molecule has 1 aromatic heterocycles. The van der Waals surface area contributed by atoms with Gasteiger partial charge in [0.25, 0.3) is 11.8 Å². The summed E-state index contributed by atoms with van der Waals surface area (Å²) >= 11 is 0. The fraction of sp³-hybridized carbons (Fsp3) is 0.417. The number of nitrogens with two attached hydrogens (primary N) is 1. The molecule has 2 aromatic carbocycles. The maximum absolute atomic E-state index is 14.4. The number of nitrogens with one attached hydrogen (secondary N) is 2. The van der Waals surface area contributed by atoms with Gasteiger partial charge in [-0.05, 0) is 62.2 Å². The average Bonchev–Trinajstić information content (AvgIpc) is 3.38. The topological polar surface area (TPSA) is 156 Å². The number of ether oxygens (including phenoxy) is 2. The van der Waals surface area contributed by atoms with Gasteiger partial charge in [-0.25, -0.2) is 14.2 Å². The van der Waals surface area contributed by atoms with Crippen molar-refractivity contribution in [3.63, 3.8) is 0 Å². The predicted octanol–water partition coefficient (Wildman–Crippen LogP) is 3.29. The second kappa shape index (κ2) is 14.5. The van der Waals surface area contributed by atoms with E-state index in [4.69, 9.17) is 15.2 Å². The molecule has 0 saturated carbocycles. The van der Waals surface area contributed by atoms with Gasteiger partial charge in [0.1, 0.15) is 12.4 Å². The second-order valence-electron chi connectivity index (χ2n) is 12.6. The lowest BCUT2D eigenvalue weighted by Gasteiger charge is -2.30. The van der Waals surface area contributed by atoms with Crippen LogP contribution in [-0.4, -0.2) is 79.2 Å². The number of pyridine rings is 1. The number of alkyl halides is 1.